The van der Waals surface area contributed by atoms with Gasteiger partial charge >= 0.3 is 0 Å². The molecule has 0 aliphatic heterocycles. The van der Waals surface area contributed by atoms with Gasteiger partial charge in [-0.2, -0.15) is 0 Å². The van der Waals surface area contributed by atoms with Crippen LogP contribution in [0, 0.1) is 5.82 Å². The van der Waals surface area contributed by atoms with Gasteiger partial charge in [0.1, 0.15) is 34.6 Å². The minimum Gasteiger partial charge on any atom is -0.508 e. The van der Waals surface area contributed by atoms with Crippen molar-refractivity contribution in [3.05, 3.63) is 58.5 Å². The number of phenolic OH excluding ortho intramolecular Hbond substituents is 1. The smallest absolute Gasteiger partial charge is 0.193 e. The second kappa shape index (κ2) is 7.01. The molecule has 0 aliphatic carbocycles. The Bertz CT molecular complexity index is 1290. The van der Waals surface area contributed by atoms with Crippen molar-refractivity contribution in [3.8, 4) is 34.3 Å². The van der Waals surface area contributed by atoms with Crippen molar-refractivity contribution in [1.82, 2.24) is 0 Å². The summed E-state index contributed by atoms with van der Waals surface area (Å²) >= 11 is 0. The molecule has 4 rings (SSSR count). The van der Waals surface area contributed by atoms with Crippen LogP contribution in [-0.2, 0) is 0 Å². The van der Waals surface area contributed by atoms with Crippen LogP contribution in [0.25, 0.3) is 33.1 Å². The van der Waals surface area contributed by atoms with Crippen LogP contribution in [0.3, 0.4) is 0 Å². The fraction of sp³-hybridized carbons (Fsp3) is 0.136. The van der Waals surface area contributed by atoms with E-state index in [1.807, 2.05) is 0 Å². The van der Waals surface area contributed by atoms with E-state index < -0.39 is 5.82 Å². The van der Waals surface area contributed by atoms with E-state index in [1.54, 1.807) is 18.2 Å². The van der Waals surface area contributed by atoms with Gasteiger partial charge in [-0.05, 0) is 30.3 Å². The molecule has 0 atom stereocenters. The molecule has 6 nitrogen and oxygen atoms in total. The van der Waals surface area contributed by atoms with Crippen molar-refractivity contribution in [2.24, 2.45) is 0 Å². The SMILES string of the molecule is COc1ccc(OC)c2c1c(OC)cc1c(=O)cc(-c3cc(O)cc(F)c3)oc12. The number of hydrogen-bond acceptors (Lipinski definition) is 6. The summed E-state index contributed by atoms with van der Waals surface area (Å²) in [5.41, 5.74) is 0.116. The summed E-state index contributed by atoms with van der Waals surface area (Å²) in [4.78, 5) is 12.9. The Hall–Kier alpha value is -3.74. The number of benzene rings is 3. The lowest BCUT2D eigenvalue weighted by Gasteiger charge is -2.15. The van der Waals surface area contributed by atoms with Gasteiger partial charge in [-0.25, -0.2) is 4.39 Å². The molecule has 0 saturated carbocycles. The van der Waals surface area contributed by atoms with Gasteiger partial charge in [-0.15, -0.1) is 0 Å². The molecule has 0 fully saturated rings. The van der Waals surface area contributed by atoms with E-state index in [4.69, 9.17) is 18.6 Å². The molecule has 3 aromatic carbocycles. The van der Waals surface area contributed by atoms with E-state index in [0.717, 1.165) is 6.07 Å². The molecule has 29 heavy (non-hydrogen) atoms. The molecule has 0 amide bonds. The van der Waals surface area contributed by atoms with Crippen LogP contribution in [0.15, 0.2) is 51.7 Å². The fourth-order valence-corrected chi connectivity index (χ4v) is 3.42. The Labute approximate surface area is 164 Å². The quantitative estimate of drug-likeness (QED) is 0.513. The number of methoxy groups -OCH3 is 3. The Morgan fingerprint density at radius 3 is 2.14 bits per heavy atom. The molecular formula is C22H17FO6. The Morgan fingerprint density at radius 2 is 1.52 bits per heavy atom. The van der Waals surface area contributed by atoms with Crippen LogP contribution in [0.4, 0.5) is 4.39 Å². The third-order valence-electron chi connectivity index (χ3n) is 4.69. The van der Waals surface area contributed by atoms with Crippen molar-refractivity contribution in [1.29, 1.82) is 0 Å². The van der Waals surface area contributed by atoms with Crippen molar-refractivity contribution in [2.45, 2.75) is 0 Å². The highest BCUT2D eigenvalue weighted by Crippen LogP contribution is 2.44. The zero-order valence-electron chi connectivity index (χ0n) is 15.9. The molecule has 4 aromatic rings. The number of ether oxygens (including phenoxy) is 3. The van der Waals surface area contributed by atoms with E-state index in [9.17, 15) is 14.3 Å². The van der Waals surface area contributed by atoms with Crippen molar-refractivity contribution in [2.75, 3.05) is 21.3 Å². The summed E-state index contributed by atoms with van der Waals surface area (Å²) in [5.74, 6) is 0.562. The van der Waals surface area contributed by atoms with Crippen LogP contribution in [0.5, 0.6) is 23.0 Å². The van der Waals surface area contributed by atoms with Gasteiger partial charge in [-0.1, -0.05) is 0 Å². The van der Waals surface area contributed by atoms with Crippen LogP contribution in [-0.4, -0.2) is 26.4 Å². The standard InChI is InChI=1S/C22H17FO6/c1-26-16-4-5-17(27-2)21-20(16)19(28-3)9-14-15(25)10-18(29-22(14)21)11-6-12(23)8-13(24)7-11/h4-10,24H,1-3H3. The molecule has 148 valence electrons. The minimum absolute atomic E-state index is 0.105. The lowest BCUT2D eigenvalue weighted by atomic mass is 10.0. The monoisotopic (exact) mass is 396 g/mol. The van der Waals surface area contributed by atoms with Crippen LogP contribution in [0.2, 0.25) is 0 Å². The second-order valence-electron chi connectivity index (χ2n) is 6.35. The highest BCUT2D eigenvalue weighted by atomic mass is 19.1. The maximum Gasteiger partial charge on any atom is 0.193 e. The molecule has 0 radical (unpaired) electrons. The molecule has 0 unspecified atom stereocenters. The lowest BCUT2D eigenvalue weighted by molar-refractivity contribution is 0.400. The zero-order valence-corrected chi connectivity index (χ0v) is 15.9. The first-order chi connectivity index (χ1) is 14.0. The molecule has 0 spiro atoms. The molecule has 0 aliphatic rings. The summed E-state index contributed by atoms with van der Waals surface area (Å²) < 4.78 is 36.2. The van der Waals surface area contributed by atoms with Crippen molar-refractivity contribution < 1.29 is 28.1 Å². The highest BCUT2D eigenvalue weighted by Gasteiger charge is 2.20. The summed E-state index contributed by atoms with van der Waals surface area (Å²) in [6.45, 7) is 0. The molecule has 7 heteroatoms. The van der Waals surface area contributed by atoms with Crippen LogP contribution < -0.4 is 19.6 Å². The van der Waals surface area contributed by atoms with Gasteiger partial charge in [0.05, 0.1) is 37.5 Å². The van der Waals surface area contributed by atoms with Gasteiger partial charge in [0.2, 0.25) is 0 Å². The molecule has 1 N–H and O–H groups in total. The topological polar surface area (TPSA) is 78.1 Å². The summed E-state index contributed by atoms with van der Waals surface area (Å²) in [5, 5.41) is 11.0. The van der Waals surface area contributed by atoms with Crippen LogP contribution >= 0.6 is 0 Å². The van der Waals surface area contributed by atoms with E-state index >= 15 is 0 Å². The number of aromatic hydroxyl groups is 1. The Morgan fingerprint density at radius 1 is 0.862 bits per heavy atom. The first-order valence-corrected chi connectivity index (χ1v) is 8.66. The van der Waals surface area contributed by atoms with E-state index in [2.05, 4.69) is 0 Å². The first-order valence-electron chi connectivity index (χ1n) is 8.66. The molecule has 1 heterocycles. The number of halogens is 1. The summed E-state index contributed by atoms with van der Waals surface area (Å²) in [6, 6.07) is 9.69. The van der Waals surface area contributed by atoms with Gasteiger partial charge < -0.3 is 23.7 Å². The van der Waals surface area contributed by atoms with Crippen molar-refractivity contribution >= 4 is 21.7 Å². The van der Waals surface area contributed by atoms with Gasteiger partial charge in [-0.3, -0.25) is 4.79 Å². The first kappa shape index (κ1) is 18.6. The van der Waals surface area contributed by atoms with E-state index in [1.165, 1.54) is 39.5 Å². The molecule has 1 aromatic heterocycles. The third-order valence-corrected chi connectivity index (χ3v) is 4.69. The average molecular weight is 396 g/mol. The van der Waals surface area contributed by atoms with Crippen LogP contribution in [0.1, 0.15) is 0 Å². The largest absolute Gasteiger partial charge is 0.508 e. The minimum atomic E-state index is -0.651. The summed E-state index contributed by atoms with van der Waals surface area (Å²) in [7, 11) is 4.51. The fourth-order valence-electron chi connectivity index (χ4n) is 3.42. The molecule has 0 saturated heterocycles. The van der Waals surface area contributed by atoms with Gasteiger partial charge in [0.15, 0.2) is 11.0 Å². The van der Waals surface area contributed by atoms with Crippen molar-refractivity contribution in [3.63, 3.8) is 0 Å². The third kappa shape index (κ3) is 3.00. The normalized spacial score (nSPS) is 11.0. The maximum absolute atomic E-state index is 13.8. The number of phenols is 1. The summed E-state index contributed by atoms with van der Waals surface area (Å²) in [6.07, 6.45) is 0. The number of rotatable bonds is 4. The molecular weight excluding hydrogens is 379 g/mol. The Kier molecular flexibility index (Phi) is 4.50. The lowest BCUT2D eigenvalue weighted by Crippen LogP contribution is -2.03. The molecule has 0 bridgehead atoms. The average Bonchev–Trinajstić information content (AvgIpc) is 2.71. The van der Waals surface area contributed by atoms with E-state index in [-0.39, 0.29) is 33.5 Å². The predicted molar refractivity (Wildman–Crippen MR) is 107 cm³/mol. The van der Waals surface area contributed by atoms with E-state index in [0.29, 0.717) is 28.0 Å². The highest BCUT2D eigenvalue weighted by molar-refractivity contribution is 6.13. The maximum atomic E-state index is 13.8. The Balaban J connectivity index is 2.19. The number of hydrogen-bond donors (Lipinski definition) is 1. The number of fused-ring (bicyclic) bond motifs is 3. The predicted octanol–water partition coefficient (Wildman–Crippen LogP) is 4.48. The zero-order chi connectivity index (χ0) is 20.7. The second-order valence-corrected chi connectivity index (χ2v) is 6.35. The van der Waals surface area contributed by atoms with Gasteiger partial charge in [0, 0.05) is 17.7 Å². The van der Waals surface area contributed by atoms with Gasteiger partial charge in [0.25, 0.3) is 0 Å².